The van der Waals surface area contributed by atoms with Crippen LogP contribution in [0.15, 0.2) is 18.5 Å². The number of carbonyl (C=O) groups is 1. The topological polar surface area (TPSA) is 138 Å². The molecule has 0 aliphatic carbocycles. The second-order valence-electron chi connectivity index (χ2n) is 7.20. The van der Waals surface area contributed by atoms with Gasteiger partial charge in [0.05, 0.1) is 38.8 Å². The summed E-state index contributed by atoms with van der Waals surface area (Å²) in [7, 11) is 4.44. The monoisotopic (exact) mass is 461 g/mol. The average molecular weight is 461 g/mol. The molecule has 0 unspecified atom stereocenters. The molecule has 12 nitrogen and oxygen atoms in total. The minimum atomic E-state index is -0.521. The number of hydrogen-bond acceptors (Lipinski definition) is 11. The fourth-order valence-electron chi connectivity index (χ4n) is 3.74. The zero-order chi connectivity index (χ0) is 24.0. The number of piperidine rings is 1. The van der Waals surface area contributed by atoms with E-state index in [1.54, 1.807) is 24.0 Å². The fraction of sp³-hybridized carbons (Fsp3) is 0.476. The summed E-state index contributed by atoms with van der Waals surface area (Å²) in [6.45, 7) is 2.96. The van der Waals surface area contributed by atoms with Crippen molar-refractivity contribution in [3.63, 3.8) is 0 Å². The maximum absolute atomic E-state index is 12.0. The number of carbonyl (C=O) groups excluding carboxylic acids is 1. The van der Waals surface area contributed by atoms with Gasteiger partial charge in [-0.3, -0.25) is 14.9 Å². The van der Waals surface area contributed by atoms with E-state index in [0.717, 1.165) is 0 Å². The Hall–Kier alpha value is -3.83. The van der Waals surface area contributed by atoms with Gasteiger partial charge in [-0.1, -0.05) is 0 Å². The molecule has 1 saturated heterocycles. The van der Waals surface area contributed by atoms with Crippen LogP contribution >= 0.6 is 0 Å². The van der Waals surface area contributed by atoms with Gasteiger partial charge in [0.25, 0.3) is 0 Å². The number of benzene rings is 1. The third kappa shape index (κ3) is 5.16. The van der Waals surface area contributed by atoms with Crippen LogP contribution < -0.4 is 24.4 Å². The molecule has 1 N–H and O–H groups in total. The number of hydrogen-bond donors (Lipinski definition) is 1. The first-order valence-corrected chi connectivity index (χ1v) is 10.4. The molecule has 33 heavy (non-hydrogen) atoms. The van der Waals surface area contributed by atoms with E-state index in [-0.39, 0.29) is 29.2 Å². The molecule has 2 aromatic rings. The molecule has 1 aromatic carbocycles. The molecule has 1 aromatic heterocycles. The molecule has 0 atom stereocenters. The smallest absolute Gasteiger partial charge is 0.353 e. The predicted octanol–water partition coefficient (Wildman–Crippen LogP) is 2.93. The van der Waals surface area contributed by atoms with Crippen molar-refractivity contribution in [2.24, 2.45) is 5.92 Å². The molecule has 12 heteroatoms. The Kier molecular flexibility index (Phi) is 7.70. The Morgan fingerprint density at radius 3 is 2.30 bits per heavy atom. The minimum absolute atomic E-state index is 0.0202. The molecule has 0 bridgehead atoms. The Morgan fingerprint density at radius 1 is 1.15 bits per heavy atom. The van der Waals surface area contributed by atoms with Crippen LogP contribution in [-0.4, -0.2) is 61.9 Å². The zero-order valence-electron chi connectivity index (χ0n) is 19.0. The van der Waals surface area contributed by atoms with Gasteiger partial charge < -0.3 is 29.2 Å². The molecule has 3 rings (SSSR count). The highest BCUT2D eigenvalue weighted by atomic mass is 16.6. The number of ether oxygens (including phenoxy) is 4. The maximum Gasteiger partial charge on any atom is 0.353 e. The number of nitro groups is 1. The fourth-order valence-corrected chi connectivity index (χ4v) is 3.74. The van der Waals surface area contributed by atoms with Crippen LogP contribution in [0.2, 0.25) is 0 Å². The number of nitrogens with one attached hydrogen (secondary N) is 1. The molecule has 0 saturated carbocycles. The number of anilines is 3. The SMILES string of the molecule is CCOC(=O)C1CCN(c2ncnc(Nc3cc(OC)c(OC)c(OC)c3)c2[N+](=O)[O-])CC1. The summed E-state index contributed by atoms with van der Waals surface area (Å²) >= 11 is 0. The predicted molar refractivity (Wildman–Crippen MR) is 120 cm³/mol. The van der Waals surface area contributed by atoms with E-state index in [2.05, 4.69) is 15.3 Å². The van der Waals surface area contributed by atoms with Crippen LogP contribution in [-0.2, 0) is 9.53 Å². The Bertz CT molecular complexity index is 983. The quantitative estimate of drug-likeness (QED) is 0.335. The first-order valence-electron chi connectivity index (χ1n) is 10.4. The van der Waals surface area contributed by atoms with Gasteiger partial charge in [0.15, 0.2) is 11.5 Å². The van der Waals surface area contributed by atoms with E-state index < -0.39 is 4.92 Å². The van der Waals surface area contributed by atoms with Crippen molar-refractivity contribution in [3.8, 4) is 17.2 Å². The van der Waals surface area contributed by atoms with Gasteiger partial charge in [-0.25, -0.2) is 9.97 Å². The molecule has 178 valence electrons. The summed E-state index contributed by atoms with van der Waals surface area (Å²) in [5.74, 6) is 0.916. The van der Waals surface area contributed by atoms with E-state index >= 15 is 0 Å². The number of methoxy groups -OCH3 is 3. The van der Waals surface area contributed by atoms with E-state index in [4.69, 9.17) is 18.9 Å². The van der Waals surface area contributed by atoms with E-state index in [1.165, 1.54) is 27.7 Å². The molecule has 2 heterocycles. The Balaban J connectivity index is 1.89. The average Bonchev–Trinajstić information content (AvgIpc) is 2.83. The summed E-state index contributed by atoms with van der Waals surface area (Å²) in [6, 6.07) is 3.25. The minimum Gasteiger partial charge on any atom is -0.493 e. The van der Waals surface area contributed by atoms with Crippen molar-refractivity contribution in [2.75, 3.05) is 51.2 Å². The normalized spacial score (nSPS) is 13.9. The highest BCUT2D eigenvalue weighted by molar-refractivity contribution is 5.77. The van der Waals surface area contributed by atoms with Gasteiger partial charge in [-0.2, -0.15) is 0 Å². The zero-order valence-corrected chi connectivity index (χ0v) is 19.0. The molecular formula is C21H27N5O7. The first-order chi connectivity index (χ1) is 15.9. The molecule has 1 aliphatic rings. The van der Waals surface area contributed by atoms with E-state index in [9.17, 15) is 14.9 Å². The lowest BCUT2D eigenvalue weighted by Crippen LogP contribution is -2.37. The summed E-state index contributed by atoms with van der Waals surface area (Å²) < 4.78 is 21.1. The second-order valence-corrected chi connectivity index (χ2v) is 7.20. The first kappa shape index (κ1) is 23.8. The van der Waals surface area contributed by atoms with Gasteiger partial charge in [0.2, 0.25) is 17.4 Å². The number of esters is 1. The molecule has 0 spiro atoms. The highest BCUT2D eigenvalue weighted by Gasteiger charge is 2.32. The van der Waals surface area contributed by atoms with Crippen LogP contribution in [0.3, 0.4) is 0 Å². The molecule has 1 fully saturated rings. The summed E-state index contributed by atoms with van der Waals surface area (Å²) in [6.07, 6.45) is 2.31. The van der Waals surface area contributed by atoms with Crippen molar-refractivity contribution in [1.29, 1.82) is 0 Å². The van der Waals surface area contributed by atoms with Crippen LogP contribution in [0.5, 0.6) is 17.2 Å². The van der Waals surface area contributed by atoms with Gasteiger partial charge in [-0.05, 0) is 19.8 Å². The third-order valence-corrected chi connectivity index (χ3v) is 5.33. The largest absolute Gasteiger partial charge is 0.493 e. The number of aromatic nitrogens is 2. The number of nitrogens with zero attached hydrogens (tertiary/aromatic N) is 4. The van der Waals surface area contributed by atoms with Crippen LogP contribution in [0.25, 0.3) is 0 Å². The van der Waals surface area contributed by atoms with Crippen molar-refractivity contribution in [1.82, 2.24) is 9.97 Å². The number of rotatable bonds is 9. The Morgan fingerprint density at radius 2 is 1.79 bits per heavy atom. The van der Waals surface area contributed by atoms with Crippen LogP contribution in [0, 0.1) is 16.0 Å². The van der Waals surface area contributed by atoms with Crippen molar-refractivity contribution in [2.45, 2.75) is 19.8 Å². The molecule has 0 radical (unpaired) electrons. The molecular weight excluding hydrogens is 434 g/mol. The van der Waals surface area contributed by atoms with Crippen LogP contribution in [0.1, 0.15) is 19.8 Å². The standard InChI is InChI=1S/C21H27N5O7/c1-5-33-21(27)13-6-8-25(9-7-13)20-17(26(28)29)19(22-12-23-20)24-14-10-15(30-2)18(32-4)16(11-14)31-3/h10-13H,5-9H2,1-4H3,(H,22,23,24). The lowest BCUT2D eigenvalue weighted by Gasteiger charge is -2.31. The maximum atomic E-state index is 12.0. The molecule has 1 aliphatic heterocycles. The lowest BCUT2D eigenvalue weighted by atomic mass is 9.97. The van der Waals surface area contributed by atoms with E-state index in [0.29, 0.717) is 55.5 Å². The van der Waals surface area contributed by atoms with Crippen LogP contribution in [0.4, 0.5) is 23.0 Å². The second kappa shape index (κ2) is 10.7. The van der Waals surface area contributed by atoms with Crippen molar-refractivity contribution < 1.29 is 28.7 Å². The van der Waals surface area contributed by atoms with Crippen molar-refractivity contribution >= 4 is 29.0 Å². The van der Waals surface area contributed by atoms with Gasteiger partial charge >= 0.3 is 11.7 Å². The summed E-state index contributed by atoms with van der Waals surface area (Å²) in [5.41, 5.74) is 0.194. The molecule has 0 amide bonds. The van der Waals surface area contributed by atoms with Gasteiger partial charge in [0.1, 0.15) is 6.33 Å². The van der Waals surface area contributed by atoms with Gasteiger partial charge in [0, 0.05) is 30.9 Å². The summed E-state index contributed by atoms with van der Waals surface area (Å²) in [4.78, 5) is 33.5. The lowest BCUT2D eigenvalue weighted by molar-refractivity contribution is -0.383. The Labute approximate surface area is 191 Å². The highest BCUT2D eigenvalue weighted by Crippen LogP contribution is 2.42. The van der Waals surface area contributed by atoms with E-state index in [1.807, 2.05) is 0 Å². The third-order valence-electron chi connectivity index (χ3n) is 5.33. The van der Waals surface area contributed by atoms with Crippen molar-refractivity contribution in [3.05, 3.63) is 28.6 Å². The van der Waals surface area contributed by atoms with Gasteiger partial charge in [-0.15, -0.1) is 0 Å². The summed E-state index contributed by atoms with van der Waals surface area (Å²) in [5, 5.41) is 15.0.